The van der Waals surface area contributed by atoms with Crippen molar-refractivity contribution in [2.45, 2.75) is 51.9 Å². The summed E-state index contributed by atoms with van der Waals surface area (Å²) in [4.78, 5) is 13.4. The maximum absolute atomic E-state index is 11.1. The number of nitrogens with zero attached hydrogens (tertiary/aromatic N) is 1. The van der Waals surface area contributed by atoms with E-state index in [1.54, 1.807) is 0 Å². The van der Waals surface area contributed by atoms with Crippen LogP contribution in [0.3, 0.4) is 0 Å². The molecule has 18 heavy (non-hydrogen) atoms. The number of morpholine rings is 1. The van der Waals surface area contributed by atoms with Gasteiger partial charge in [-0.25, -0.2) is 0 Å². The molecule has 1 aliphatic heterocycles. The number of aliphatic carboxylic acids is 1. The van der Waals surface area contributed by atoms with Gasteiger partial charge in [-0.05, 0) is 33.2 Å². The Bertz CT molecular complexity index is 251. The number of carboxylic acid groups (broad SMARTS) is 1. The Morgan fingerprint density at radius 1 is 1.44 bits per heavy atom. The molecule has 5 heteroatoms. The summed E-state index contributed by atoms with van der Waals surface area (Å²) in [6.45, 7) is 9.52. The first-order valence-corrected chi connectivity index (χ1v) is 6.87. The standard InChI is InChI=1S/C13H26N2O3/c1-4-6-14-12(13(16)17)5-7-15-8-10(2)18-11(3)9-15/h10-12,14H,4-9H2,1-3H3,(H,16,17)/t10-,11+,12?. The molecule has 3 atom stereocenters. The van der Waals surface area contributed by atoms with Crippen molar-refractivity contribution in [2.75, 3.05) is 26.2 Å². The van der Waals surface area contributed by atoms with Gasteiger partial charge in [0.1, 0.15) is 6.04 Å². The molecule has 0 amide bonds. The third-order valence-electron chi connectivity index (χ3n) is 3.17. The van der Waals surface area contributed by atoms with E-state index in [9.17, 15) is 4.79 Å². The van der Waals surface area contributed by atoms with Crippen molar-refractivity contribution in [3.05, 3.63) is 0 Å². The zero-order valence-electron chi connectivity index (χ0n) is 11.7. The lowest BCUT2D eigenvalue weighted by Gasteiger charge is -2.35. The van der Waals surface area contributed by atoms with Crippen LogP contribution >= 0.6 is 0 Å². The van der Waals surface area contributed by atoms with Gasteiger partial charge in [-0.15, -0.1) is 0 Å². The minimum Gasteiger partial charge on any atom is -0.480 e. The molecule has 2 N–H and O–H groups in total. The molecule has 1 fully saturated rings. The van der Waals surface area contributed by atoms with Gasteiger partial charge in [-0.1, -0.05) is 6.92 Å². The maximum Gasteiger partial charge on any atom is 0.320 e. The quantitative estimate of drug-likeness (QED) is 0.711. The second-order valence-electron chi connectivity index (χ2n) is 5.15. The van der Waals surface area contributed by atoms with E-state index in [1.807, 2.05) is 6.92 Å². The van der Waals surface area contributed by atoms with Crippen LogP contribution in [0.4, 0.5) is 0 Å². The van der Waals surface area contributed by atoms with Crippen molar-refractivity contribution in [3.63, 3.8) is 0 Å². The van der Waals surface area contributed by atoms with E-state index in [2.05, 4.69) is 24.1 Å². The fraction of sp³-hybridized carbons (Fsp3) is 0.923. The lowest BCUT2D eigenvalue weighted by molar-refractivity contribution is -0.139. The van der Waals surface area contributed by atoms with Gasteiger partial charge in [-0.2, -0.15) is 0 Å². The number of carbonyl (C=O) groups is 1. The Kier molecular flexibility index (Phi) is 6.60. The van der Waals surface area contributed by atoms with Crippen molar-refractivity contribution in [1.29, 1.82) is 0 Å². The molecule has 0 aliphatic carbocycles. The van der Waals surface area contributed by atoms with Crippen molar-refractivity contribution < 1.29 is 14.6 Å². The number of hydrogen-bond donors (Lipinski definition) is 2. The van der Waals surface area contributed by atoms with Crippen LogP contribution in [-0.4, -0.2) is 60.4 Å². The fourth-order valence-corrected chi connectivity index (χ4v) is 2.41. The van der Waals surface area contributed by atoms with Crippen molar-refractivity contribution in [3.8, 4) is 0 Å². The van der Waals surface area contributed by atoms with Gasteiger partial charge in [-0.3, -0.25) is 9.69 Å². The highest BCUT2D eigenvalue weighted by Crippen LogP contribution is 2.11. The molecule has 1 unspecified atom stereocenters. The number of nitrogens with one attached hydrogen (secondary N) is 1. The van der Waals surface area contributed by atoms with E-state index in [-0.39, 0.29) is 12.2 Å². The average molecular weight is 258 g/mol. The molecule has 0 aromatic carbocycles. The fourth-order valence-electron chi connectivity index (χ4n) is 2.41. The molecular formula is C13H26N2O3. The smallest absolute Gasteiger partial charge is 0.320 e. The monoisotopic (exact) mass is 258 g/mol. The first-order valence-electron chi connectivity index (χ1n) is 6.87. The summed E-state index contributed by atoms with van der Waals surface area (Å²) in [5.41, 5.74) is 0. The molecule has 1 aliphatic rings. The SMILES string of the molecule is CCCNC(CCN1C[C@@H](C)O[C@@H](C)C1)C(=O)O. The van der Waals surface area contributed by atoms with Crippen LogP contribution in [0.2, 0.25) is 0 Å². The van der Waals surface area contributed by atoms with Crippen LogP contribution in [0.25, 0.3) is 0 Å². The molecule has 1 saturated heterocycles. The lowest BCUT2D eigenvalue weighted by Crippen LogP contribution is -2.47. The molecule has 1 rings (SSSR count). The summed E-state index contributed by atoms with van der Waals surface area (Å²) >= 11 is 0. The summed E-state index contributed by atoms with van der Waals surface area (Å²) < 4.78 is 5.66. The van der Waals surface area contributed by atoms with Crippen LogP contribution in [0.1, 0.15) is 33.6 Å². The molecular weight excluding hydrogens is 232 g/mol. The molecule has 0 spiro atoms. The van der Waals surface area contributed by atoms with E-state index in [0.717, 1.165) is 32.6 Å². The summed E-state index contributed by atoms with van der Waals surface area (Å²) in [5.74, 6) is -0.752. The van der Waals surface area contributed by atoms with Crippen LogP contribution in [0.15, 0.2) is 0 Å². The number of rotatable bonds is 7. The zero-order valence-corrected chi connectivity index (χ0v) is 11.7. The largest absolute Gasteiger partial charge is 0.480 e. The molecule has 106 valence electrons. The molecule has 0 saturated carbocycles. The third kappa shape index (κ3) is 5.33. The first-order chi connectivity index (χ1) is 8.52. The lowest BCUT2D eigenvalue weighted by atomic mass is 10.1. The summed E-state index contributed by atoms with van der Waals surface area (Å²) in [6, 6.07) is -0.432. The Labute approximate surface area is 109 Å². The molecule has 0 aromatic rings. The Morgan fingerprint density at radius 2 is 2.06 bits per heavy atom. The predicted octanol–water partition coefficient (Wildman–Crippen LogP) is 0.939. The van der Waals surface area contributed by atoms with Gasteiger partial charge < -0.3 is 15.2 Å². The second kappa shape index (κ2) is 7.71. The third-order valence-corrected chi connectivity index (χ3v) is 3.17. The van der Waals surface area contributed by atoms with E-state index in [1.165, 1.54) is 0 Å². The minimum atomic E-state index is -0.752. The van der Waals surface area contributed by atoms with E-state index in [4.69, 9.17) is 9.84 Å². The summed E-state index contributed by atoms with van der Waals surface area (Å²) in [6.07, 6.45) is 2.07. The van der Waals surface area contributed by atoms with Crippen molar-refractivity contribution >= 4 is 5.97 Å². The van der Waals surface area contributed by atoms with E-state index < -0.39 is 12.0 Å². The summed E-state index contributed by atoms with van der Waals surface area (Å²) in [5, 5.41) is 12.2. The molecule has 0 radical (unpaired) electrons. The Hall–Kier alpha value is -0.650. The Morgan fingerprint density at radius 3 is 2.56 bits per heavy atom. The topological polar surface area (TPSA) is 61.8 Å². The van der Waals surface area contributed by atoms with Crippen LogP contribution in [-0.2, 0) is 9.53 Å². The van der Waals surface area contributed by atoms with E-state index in [0.29, 0.717) is 6.42 Å². The highest BCUT2D eigenvalue weighted by Gasteiger charge is 2.24. The maximum atomic E-state index is 11.1. The van der Waals surface area contributed by atoms with Crippen molar-refractivity contribution in [2.24, 2.45) is 0 Å². The molecule has 1 heterocycles. The van der Waals surface area contributed by atoms with Gasteiger partial charge in [0.15, 0.2) is 0 Å². The minimum absolute atomic E-state index is 0.237. The van der Waals surface area contributed by atoms with Gasteiger partial charge in [0.05, 0.1) is 12.2 Å². The summed E-state index contributed by atoms with van der Waals surface area (Å²) in [7, 11) is 0. The Balaban J connectivity index is 2.34. The number of hydrogen-bond acceptors (Lipinski definition) is 4. The van der Waals surface area contributed by atoms with Crippen molar-refractivity contribution in [1.82, 2.24) is 10.2 Å². The predicted molar refractivity (Wildman–Crippen MR) is 70.8 cm³/mol. The zero-order chi connectivity index (χ0) is 13.5. The number of carboxylic acids is 1. The number of ether oxygens (including phenoxy) is 1. The van der Waals surface area contributed by atoms with Crippen LogP contribution in [0, 0.1) is 0 Å². The van der Waals surface area contributed by atoms with Gasteiger partial charge in [0.25, 0.3) is 0 Å². The first kappa shape index (κ1) is 15.4. The van der Waals surface area contributed by atoms with Crippen LogP contribution < -0.4 is 5.32 Å². The second-order valence-corrected chi connectivity index (χ2v) is 5.15. The normalized spacial score (nSPS) is 27.1. The van der Waals surface area contributed by atoms with Crippen LogP contribution in [0.5, 0.6) is 0 Å². The molecule has 0 bridgehead atoms. The van der Waals surface area contributed by atoms with Gasteiger partial charge in [0, 0.05) is 19.6 Å². The van der Waals surface area contributed by atoms with E-state index >= 15 is 0 Å². The molecule has 5 nitrogen and oxygen atoms in total. The molecule has 0 aromatic heterocycles. The highest BCUT2D eigenvalue weighted by atomic mass is 16.5. The average Bonchev–Trinajstić information content (AvgIpc) is 2.27. The highest BCUT2D eigenvalue weighted by molar-refractivity contribution is 5.73. The van der Waals surface area contributed by atoms with Gasteiger partial charge >= 0.3 is 5.97 Å². The van der Waals surface area contributed by atoms with Gasteiger partial charge in [0.2, 0.25) is 0 Å².